The number of hydrogen-bond donors (Lipinski definition) is 1. The molecule has 2 amide bonds. The number of hydrogen-bond acceptors (Lipinski definition) is 5. The van der Waals surface area contributed by atoms with E-state index in [0.29, 0.717) is 17.7 Å². The Hall–Kier alpha value is -3.63. The molecule has 0 heterocycles. The van der Waals surface area contributed by atoms with Crippen LogP contribution in [-0.4, -0.2) is 57.1 Å². The quantitative estimate of drug-likeness (QED) is 0.303. The van der Waals surface area contributed by atoms with Gasteiger partial charge in [-0.25, -0.2) is 12.8 Å². The van der Waals surface area contributed by atoms with Crippen LogP contribution in [0.4, 0.5) is 10.1 Å². The van der Waals surface area contributed by atoms with Gasteiger partial charge < -0.3 is 15.0 Å². The lowest BCUT2D eigenvalue weighted by Crippen LogP contribution is -2.54. The van der Waals surface area contributed by atoms with Gasteiger partial charge in [0.05, 0.1) is 24.1 Å². The average Bonchev–Trinajstić information content (AvgIpc) is 2.94. The SMILES string of the molecule is CC[C@@H](C)NC(=O)[C@@H](Cc1ccccc1)N(Cc1ccc(F)cc1)C(=O)CN(c1ccc(OC)c(Cl)c1)S(C)(=O)=O. The van der Waals surface area contributed by atoms with Crippen LogP contribution in [0.3, 0.4) is 0 Å². The van der Waals surface area contributed by atoms with Crippen LogP contribution in [0.15, 0.2) is 72.8 Å². The van der Waals surface area contributed by atoms with Crippen molar-refractivity contribution < 1.29 is 27.1 Å². The minimum atomic E-state index is -3.95. The molecule has 0 aliphatic rings. The van der Waals surface area contributed by atoms with Crippen LogP contribution in [0.2, 0.25) is 5.02 Å². The molecular formula is C30H35ClFN3O5S. The lowest BCUT2D eigenvalue weighted by atomic mass is 10.0. The Balaban J connectivity index is 2.06. The predicted molar refractivity (Wildman–Crippen MR) is 159 cm³/mol. The number of ether oxygens (including phenoxy) is 1. The summed E-state index contributed by atoms with van der Waals surface area (Å²) in [6.45, 7) is 3.15. The number of rotatable bonds is 13. The Morgan fingerprint density at radius 1 is 1.02 bits per heavy atom. The molecule has 0 bridgehead atoms. The van der Waals surface area contributed by atoms with Crippen molar-refractivity contribution in [3.05, 3.63) is 94.8 Å². The Morgan fingerprint density at radius 3 is 2.24 bits per heavy atom. The molecule has 0 spiro atoms. The van der Waals surface area contributed by atoms with Crippen LogP contribution >= 0.6 is 11.6 Å². The molecule has 0 aromatic heterocycles. The molecule has 1 N–H and O–H groups in total. The van der Waals surface area contributed by atoms with E-state index in [9.17, 15) is 22.4 Å². The van der Waals surface area contributed by atoms with Gasteiger partial charge >= 0.3 is 0 Å². The highest BCUT2D eigenvalue weighted by molar-refractivity contribution is 7.92. The first-order valence-electron chi connectivity index (χ1n) is 13.1. The molecule has 3 aromatic carbocycles. The Kier molecular flexibility index (Phi) is 11.1. The number of nitrogens with zero attached hydrogens (tertiary/aromatic N) is 2. The van der Waals surface area contributed by atoms with Gasteiger partial charge in [-0.15, -0.1) is 0 Å². The number of carbonyl (C=O) groups excluding carboxylic acids is 2. The van der Waals surface area contributed by atoms with Gasteiger partial charge in [0.2, 0.25) is 21.8 Å². The van der Waals surface area contributed by atoms with Crippen molar-refractivity contribution >= 4 is 39.1 Å². The number of carbonyl (C=O) groups is 2. The van der Waals surface area contributed by atoms with Gasteiger partial charge in [0.1, 0.15) is 24.2 Å². The number of benzene rings is 3. The lowest BCUT2D eigenvalue weighted by Gasteiger charge is -2.34. The van der Waals surface area contributed by atoms with Crippen molar-refractivity contribution in [2.45, 2.75) is 45.3 Å². The van der Waals surface area contributed by atoms with Crippen molar-refractivity contribution in [2.24, 2.45) is 0 Å². The standard InChI is InChI=1S/C30H35ClFN3O5S/c1-5-21(2)33-30(37)27(17-22-9-7-6-8-10-22)34(19-23-11-13-24(32)14-12-23)29(36)20-35(41(4,38)39)25-15-16-28(40-3)26(31)18-25/h6-16,18,21,27H,5,17,19-20H2,1-4H3,(H,33,37)/t21-,27-/m1/s1. The first-order chi connectivity index (χ1) is 19.4. The zero-order valence-electron chi connectivity index (χ0n) is 23.5. The highest BCUT2D eigenvalue weighted by Gasteiger charge is 2.33. The van der Waals surface area contributed by atoms with E-state index in [-0.39, 0.29) is 35.6 Å². The molecule has 3 rings (SSSR count). The topological polar surface area (TPSA) is 96.0 Å². The fraction of sp³-hybridized carbons (Fsp3) is 0.333. The molecule has 11 heteroatoms. The van der Waals surface area contributed by atoms with Crippen LogP contribution < -0.4 is 14.4 Å². The molecule has 0 unspecified atom stereocenters. The van der Waals surface area contributed by atoms with E-state index in [0.717, 1.165) is 16.1 Å². The van der Waals surface area contributed by atoms with E-state index < -0.39 is 34.3 Å². The fourth-order valence-electron chi connectivity index (χ4n) is 4.21. The van der Waals surface area contributed by atoms with Gasteiger partial charge in [-0.3, -0.25) is 13.9 Å². The third-order valence-electron chi connectivity index (χ3n) is 6.64. The summed E-state index contributed by atoms with van der Waals surface area (Å²) in [5, 5.41) is 3.13. The van der Waals surface area contributed by atoms with Crippen LogP contribution in [0.5, 0.6) is 5.75 Å². The summed E-state index contributed by atoms with van der Waals surface area (Å²) in [7, 11) is -2.52. The highest BCUT2D eigenvalue weighted by atomic mass is 35.5. The molecule has 0 saturated carbocycles. The third kappa shape index (κ3) is 8.93. The molecule has 3 aromatic rings. The van der Waals surface area contributed by atoms with Gasteiger partial charge in [0, 0.05) is 19.0 Å². The second-order valence-corrected chi connectivity index (χ2v) is 12.1. The van der Waals surface area contributed by atoms with Gasteiger partial charge in [0.25, 0.3) is 0 Å². The van der Waals surface area contributed by atoms with E-state index in [4.69, 9.17) is 16.3 Å². The molecule has 220 valence electrons. The van der Waals surface area contributed by atoms with E-state index in [1.54, 1.807) is 0 Å². The van der Waals surface area contributed by atoms with E-state index in [2.05, 4.69) is 5.32 Å². The summed E-state index contributed by atoms with van der Waals surface area (Å²) in [6, 6.07) is 18.1. The minimum absolute atomic E-state index is 0.0501. The van der Waals surface area contributed by atoms with Crippen LogP contribution in [0, 0.1) is 5.82 Å². The zero-order chi connectivity index (χ0) is 30.2. The largest absolute Gasteiger partial charge is 0.495 e. The number of nitrogens with one attached hydrogen (secondary N) is 1. The van der Waals surface area contributed by atoms with Crippen molar-refractivity contribution in [1.29, 1.82) is 0 Å². The van der Waals surface area contributed by atoms with E-state index in [1.807, 2.05) is 44.2 Å². The van der Waals surface area contributed by atoms with Crippen molar-refractivity contribution in [3.8, 4) is 5.75 Å². The van der Waals surface area contributed by atoms with Crippen LogP contribution in [-0.2, 0) is 32.6 Å². The molecular weight excluding hydrogens is 569 g/mol. The first kappa shape index (κ1) is 31.9. The summed E-state index contributed by atoms with van der Waals surface area (Å²) in [5.41, 5.74) is 1.56. The van der Waals surface area contributed by atoms with Crippen molar-refractivity contribution in [3.63, 3.8) is 0 Å². The Bertz CT molecular complexity index is 1440. The normalized spacial score (nSPS) is 12.7. The molecule has 8 nitrogen and oxygen atoms in total. The molecule has 0 radical (unpaired) electrons. The monoisotopic (exact) mass is 603 g/mol. The smallest absolute Gasteiger partial charge is 0.244 e. The maximum Gasteiger partial charge on any atom is 0.244 e. The van der Waals surface area contributed by atoms with Crippen LogP contribution in [0.1, 0.15) is 31.4 Å². The van der Waals surface area contributed by atoms with Gasteiger partial charge in [-0.2, -0.15) is 0 Å². The van der Waals surface area contributed by atoms with Gasteiger partial charge in [-0.05, 0) is 54.8 Å². The van der Waals surface area contributed by atoms with Crippen molar-refractivity contribution in [1.82, 2.24) is 10.2 Å². The number of sulfonamides is 1. The second kappa shape index (κ2) is 14.3. The summed E-state index contributed by atoms with van der Waals surface area (Å²) in [5.74, 6) is -1.09. The second-order valence-electron chi connectivity index (χ2n) is 9.76. The van der Waals surface area contributed by atoms with Crippen LogP contribution in [0.25, 0.3) is 0 Å². The van der Waals surface area contributed by atoms with Gasteiger partial charge in [-0.1, -0.05) is 61.0 Å². The predicted octanol–water partition coefficient (Wildman–Crippen LogP) is 4.81. The van der Waals surface area contributed by atoms with Crippen molar-refractivity contribution in [2.75, 3.05) is 24.2 Å². The number of methoxy groups -OCH3 is 1. The first-order valence-corrected chi connectivity index (χ1v) is 15.3. The summed E-state index contributed by atoms with van der Waals surface area (Å²) in [6.07, 6.45) is 1.85. The number of amides is 2. The minimum Gasteiger partial charge on any atom is -0.495 e. The molecule has 0 aliphatic heterocycles. The summed E-state index contributed by atoms with van der Waals surface area (Å²) >= 11 is 6.26. The maximum atomic E-state index is 14.1. The lowest BCUT2D eigenvalue weighted by molar-refractivity contribution is -0.140. The zero-order valence-corrected chi connectivity index (χ0v) is 25.1. The highest BCUT2D eigenvalue weighted by Crippen LogP contribution is 2.30. The summed E-state index contributed by atoms with van der Waals surface area (Å²) < 4.78 is 45.6. The molecule has 41 heavy (non-hydrogen) atoms. The number of anilines is 1. The molecule has 0 fully saturated rings. The fourth-order valence-corrected chi connectivity index (χ4v) is 5.30. The van der Waals surface area contributed by atoms with E-state index >= 15 is 0 Å². The van der Waals surface area contributed by atoms with E-state index in [1.165, 1.54) is 54.5 Å². The Morgan fingerprint density at radius 2 is 1.68 bits per heavy atom. The van der Waals surface area contributed by atoms with Gasteiger partial charge in [0.15, 0.2) is 0 Å². The Labute approximate surface area is 246 Å². The number of halogens is 2. The molecule has 0 saturated heterocycles. The maximum absolute atomic E-state index is 14.1. The molecule has 0 aliphatic carbocycles. The third-order valence-corrected chi connectivity index (χ3v) is 8.08. The molecule has 2 atom stereocenters. The average molecular weight is 604 g/mol. The summed E-state index contributed by atoms with van der Waals surface area (Å²) in [4.78, 5) is 29.0.